The van der Waals surface area contributed by atoms with Crippen molar-refractivity contribution in [1.82, 2.24) is 10.6 Å². The lowest BCUT2D eigenvalue weighted by atomic mass is 9.86. The van der Waals surface area contributed by atoms with Gasteiger partial charge in [-0.3, -0.25) is 4.79 Å². The quantitative estimate of drug-likeness (QED) is 0.666. The summed E-state index contributed by atoms with van der Waals surface area (Å²) in [6, 6.07) is 0. The first-order chi connectivity index (χ1) is 7.59. The lowest BCUT2D eigenvalue weighted by Gasteiger charge is -2.36. The van der Waals surface area contributed by atoms with Gasteiger partial charge in [-0.05, 0) is 25.8 Å². The molecule has 0 bridgehead atoms. The Morgan fingerprint density at radius 2 is 2.31 bits per heavy atom. The Balaban J connectivity index is 2.93. The van der Waals surface area contributed by atoms with E-state index >= 15 is 0 Å². The van der Waals surface area contributed by atoms with Gasteiger partial charge in [0, 0.05) is 12.7 Å². The molecule has 4 nitrogen and oxygen atoms in total. The Hall–Kier alpha value is -0.940. The summed E-state index contributed by atoms with van der Waals surface area (Å²) in [5.41, 5.74) is 0.530. The molecule has 0 aliphatic heterocycles. The van der Waals surface area contributed by atoms with Gasteiger partial charge in [0.15, 0.2) is 0 Å². The molecule has 90 valence electrons. The number of thioether (sulfide) groups is 1. The van der Waals surface area contributed by atoms with Gasteiger partial charge in [0.1, 0.15) is 5.25 Å². The molecule has 0 fully saturated rings. The molecular weight excluding hydrogens is 224 g/mol. The molecule has 1 rings (SSSR count). The highest BCUT2D eigenvalue weighted by atomic mass is 32.2. The lowest BCUT2D eigenvalue weighted by molar-refractivity contribution is -0.137. The van der Waals surface area contributed by atoms with Gasteiger partial charge in [0.2, 0.25) is 0 Å². The Morgan fingerprint density at radius 3 is 2.62 bits per heavy atom. The third-order valence-corrected chi connectivity index (χ3v) is 4.00. The van der Waals surface area contributed by atoms with Crippen LogP contribution in [0.15, 0.2) is 23.9 Å². The summed E-state index contributed by atoms with van der Waals surface area (Å²) < 4.78 is 0. The molecule has 3 N–H and O–H groups in total. The minimum absolute atomic E-state index is 0.483. The first-order valence-electron chi connectivity index (χ1n) is 5.11. The number of likely N-dealkylation sites (N-methyl/N-ethyl adjacent to an activating group) is 2. The molecule has 2 atom stereocenters. The zero-order valence-corrected chi connectivity index (χ0v) is 10.6. The molecule has 0 spiro atoms. The van der Waals surface area contributed by atoms with Crippen LogP contribution in [-0.4, -0.2) is 42.2 Å². The highest BCUT2D eigenvalue weighted by Gasteiger charge is 2.40. The first kappa shape index (κ1) is 13.1. The van der Waals surface area contributed by atoms with Gasteiger partial charge in [0.05, 0.1) is 5.54 Å². The average molecular weight is 242 g/mol. The van der Waals surface area contributed by atoms with Crippen molar-refractivity contribution < 1.29 is 9.90 Å². The number of nitrogens with one attached hydrogen (secondary N) is 2. The van der Waals surface area contributed by atoms with Gasteiger partial charge in [-0.25, -0.2) is 0 Å². The van der Waals surface area contributed by atoms with Crippen LogP contribution in [0.3, 0.4) is 0 Å². The average Bonchev–Trinajstić information content (AvgIpc) is 2.30. The number of carboxylic acids is 1. The Labute approximate surface area is 100 Å². The summed E-state index contributed by atoms with van der Waals surface area (Å²) in [4.78, 5) is 11.2. The molecule has 0 aromatic heterocycles. The van der Waals surface area contributed by atoms with Crippen molar-refractivity contribution in [3.05, 3.63) is 23.9 Å². The predicted octanol–water partition coefficient (Wildman–Crippen LogP) is 0.824. The fourth-order valence-electron chi connectivity index (χ4n) is 1.88. The number of hydrogen-bond acceptors (Lipinski definition) is 4. The summed E-state index contributed by atoms with van der Waals surface area (Å²) in [6.45, 7) is 0. The molecule has 0 saturated carbocycles. The summed E-state index contributed by atoms with van der Waals surface area (Å²) in [5, 5.41) is 14.9. The number of allylic oxidation sites excluding steroid dienone is 1. The van der Waals surface area contributed by atoms with Crippen molar-refractivity contribution in [3.8, 4) is 0 Å². The van der Waals surface area contributed by atoms with E-state index in [2.05, 4.69) is 10.6 Å². The Kier molecular flexibility index (Phi) is 4.44. The van der Waals surface area contributed by atoms with E-state index in [-0.39, 0.29) is 0 Å². The number of hydrogen-bond donors (Lipinski definition) is 3. The number of aliphatic carboxylic acids is 1. The molecule has 0 heterocycles. The van der Waals surface area contributed by atoms with Crippen molar-refractivity contribution in [2.24, 2.45) is 0 Å². The second kappa shape index (κ2) is 5.41. The minimum atomic E-state index is -0.784. The molecule has 0 radical (unpaired) electrons. The first-order valence-corrected chi connectivity index (χ1v) is 6.40. The van der Waals surface area contributed by atoms with E-state index in [1.54, 1.807) is 7.05 Å². The molecule has 0 saturated heterocycles. The maximum atomic E-state index is 11.2. The zero-order valence-electron chi connectivity index (χ0n) is 9.78. The van der Waals surface area contributed by atoms with Crippen LogP contribution in [0.5, 0.6) is 0 Å². The maximum absolute atomic E-state index is 11.2. The van der Waals surface area contributed by atoms with Crippen LogP contribution in [0.25, 0.3) is 0 Å². The van der Waals surface area contributed by atoms with E-state index in [1.165, 1.54) is 11.8 Å². The molecular formula is C11H18N2O2S. The van der Waals surface area contributed by atoms with Gasteiger partial charge in [0.25, 0.3) is 0 Å². The third-order valence-electron chi connectivity index (χ3n) is 2.90. The monoisotopic (exact) mass is 242 g/mol. The zero-order chi connectivity index (χ0) is 12.2. The predicted molar refractivity (Wildman–Crippen MR) is 67.6 cm³/mol. The van der Waals surface area contributed by atoms with Gasteiger partial charge < -0.3 is 15.7 Å². The van der Waals surface area contributed by atoms with Crippen LogP contribution in [0.4, 0.5) is 0 Å². The van der Waals surface area contributed by atoms with Crippen LogP contribution in [0, 0.1) is 0 Å². The van der Waals surface area contributed by atoms with Crippen molar-refractivity contribution in [2.75, 3.05) is 20.4 Å². The van der Waals surface area contributed by atoms with E-state index in [0.29, 0.717) is 6.42 Å². The number of rotatable bonds is 5. The highest BCUT2D eigenvalue weighted by molar-refractivity contribution is 8.00. The lowest BCUT2D eigenvalue weighted by Crippen LogP contribution is -2.53. The van der Waals surface area contributed by atoms with E-state index in [0.717, 1.165) is 5.70 Å². The standard InChI is InChI=1S/C11H18N2O2S/c1-12-8-4-6-11(13-2,7-5-8)9(16-3)10(14)15/h4-6,9,12-13H,7H2,1-3H3,(H,14,15). The molecule has 2 unspecified atom stereocenters. The van der Waals surface area contributed by atoms with Crippen LogP contribution < -0.4 is 10.6 Å². The molecule has 5 heteroatoms. The van der Waals surface area contributed by atoms with Crippen LogP contribution in [0.1, 0.15) is 6.42 Å². The summed E-state index contributed by atoms with van der Waals surface area (Å²) in [7, 11) is 3.65. The normalized spacial score (nSPS) is 26.1. The minimum Gasteiger partial charge on any atom is -0.480 e. The van der Waals surface area contributed by atoms with E-state index in [1.807, 2.05) is 31.5 Å². The van der Waals surface area contributed by atoms with Gasteiger partial charge in [-0.15, -0.1) is 11.8 Å². The van der Waals surface area contributed by atoms with Crippen LogP contribution in [0.2, 0.25) is 0 Å². The topological polar surface area (TPSA) is 61.4 Å². The Morgan fingerprint density at radius 1 is 1.62 bits per heavy atom. The second-order valence-electron chi connectivity index (χ2n) is 3.69. The summed E-state index contributed by atoms with van der Waals surface area (Å²) >= 11 is 1.35. The van der Waals surface area contributed by atoms with E-state index in [9.17, 15) is 9.90 Å². The SMILES string of the molecule is CNC1=CCC(NC)(C(SC)C(=O)O)C=C1. The highest BCUT2D eigenvalue weighted by Crippen LogP contribution is 2.30. The van der Waals surface area contributed by atoms with Crippen LogP contribution in [-0.2, 0) is 4.79 Å². The number of carbonyl (C=O) groups is 1. The Bertz CT molecular complexity index is 328. The smallest absolute Gasteiger partial charge is 0.318 e. The maximum Gasteiger partial charge on any atom is 0.318 e. The molecule has 0 amide bonds. The van der Waals surface area contributed by atoms with Gasteiger partial charge in [-0.1, -0.05) is 12.2 Å². The fraction of sp³-hybridized carbons (Fsp3) is 0.545. The molecule has 0 aromatic carbocycles. The second-order valence-corrected chi connectivity index (χ2v) is 4.63. The fourth-order valence-corrected chi connectivity index (χ4v) is 2.80. The number of carboxylic acid groups (broad SMARTS) is 1. The molecule has 16 heavy (non-hydrogen) atoms. The summed E-state index contributed by atoms with van der Waals surface area (Å²) in [5.74, 6) is -0.784. The van der Waals surface area contributed by atoms with Crippen molar-refractivity contribution in [1.29, 1.82) is 0 Å². The molecule has 1 aliphatic carbocycles. The molecule has 1 aliphatic rings. The van der Waals surface area contributed by atoms with Gasteiger partial charge in [-0.2, -0.15) is 0 Å². The van der Waals surface area contributed by atoms with E-state index < -0.39 is 16.8 Å². The van der Waals surface area contributed by atoms with Crippen molar-refractivity contribution in [3.63, 3.8) is 0 Å². The molecule has 0 aromatic rings. The summed E-state index contributed by atoms with van der Waals surface area (Å²) in [6.07, 6.45) is 8.37. The van der Waals surface area contributed by atoms with Crippen molar-refractivity contribution in [2.45, 2.75) is 17.2 Å². The van der Waals surface area contributed by atoms with Crippen LogP contribution >= 0.6 is 11.8 Å². The largest absolute Gasteiger partial charge is 0.480 e. The van der Waals surface area contributed by atoms with E-state index in [4.69, 9.17) is 0 Å². The third kappa shape index (κ3) is 2.41. The van der Waals surface area contributed by atoms with Gasteiger partial charge >= 0.3 is 5.97 Å². The van der Waals surface area contributed by atoms with Crippen molar-refractivity contribution >= 4 is 17.7 Å².